The number of nitrogens with zero attached hydrogens (tertiary/aromatic N) is 1. The van der Waals surface area contributed by atoms with Gasteiger partial charge in [-0.2, -0.15) is 4.57 Å². The Balaban J connectivity index is 1.99. The van der Waals surface area contributed by atoms with Crippen molar-refractivity contribution in [2.45, 2.75) is 20.4 Å². The summed E-state index contributed by atoms with van der Waals surface area (Å²) in [5.74, 6) is 0.119. The van der Waals surface area contributed by atoms with E-state index in [1.54, 1.807) is 0 Å². The standard InChI is InChI=1S/C21H20NO/c1-16-9-8-12-19(17(16)2)20-13-6-7-14-22(20)15-21(23)18-10-4-3-5-11-18/h3-14H,15H2,1-2H3/q+1. The molecule has 0 spiro atoms. The van der Waals surface area contributed by atoms with Gasteiger partial charge < -0.3 is 0 Å². The number of hydrogen-bond donors (Lipinski definition) is 0. The monoisotopic (exact) mass is 302 g/mol. The summed E-state index contributed by atoms with van der Waals surface area (Å²) in [5.41, 5.74) is 5.49. The van der Waals surface area contributed by atoms with Crippen LogP contribution in [0.2, 0.25) is 0 Å². The molecule has 0 atom stereocenters. The van der Waals surface area contributed by atoms with Crippen molar-refractivity contribution in [1.82, 2.24) is 0 Å². The summed E-state index contributed by atoms with van der Waals surface area (Å²) in [5, 5.41) is 0. The quantitative estimate of drug-likeness (QED) is 0.524. The fourth-order valence-electron chi connectivity index (χ4n) is 2.76. The molecule has 0 aliphatic carbocycles. The maximum absolute atomic E-state index is 12.5. The molecular formula is C21H20NO+. The number of hydrogen-bond acceptors (Lipinski definition) is 1. The molecular weight excluding hydrogens is 282 g/mol. The topological polar surface area (TPSA) is 20.9 Å². The predicted octanol–water partition coefficient (Wildman–Crippen LogP) is 4.14. The molecule has 0 unspecified atom stereocenters. The van der Waals surface area contributed by atoms with Crippen LogP contribution >= 0.6 is 0 Å². The average molecular weight is 302 g/mol. The summed E-state index contributed by atoms with van der Waals surface area (Å²) < 4.78 is 2.02. The summed E-state index contributed by atoms with van der Waals surface area (Å²) in [4.78, 5) is 12.5. The summed E-state index contributed by atoms with van der Waals surface area (Å²) in [6.07, 6.45) is 1.97. The Bertz CT molecular complexity index is 837. The van der Waals surface area contributed by atoms with Crippen molar-refractivity contribution in [3.05, 3.63) is 89.6 Å². The minimum Gasteiger partial charge on any atom is -0.287 e. The Morgan fingerprint density at radius 1 is 0.870 bits per heavy atom. The van der Waals surface area contributed by atoms with Crippen LogP contribution in [0.3, 0.4) is 0 Å². The van der Waals surface area contributed by atoms with Crippen molar-refractivity contribution < 1.29 is 9.36 Å². The number of pyridine rings is 1. The highest BCUT2D eigenvalue weighted by molar-refractivity contribution is 5.95. The van der Waals surface area contributed by atoms with Gasteiger partial charge in [0.1, 0.15) is 0 Å². The van der Waals surface area contributed by atoms with Gasteiger partial charge in [-0.3, -0.25) is 4.79 Å². The number of aromatic nitrogens is 1. The fourth-order valence-corrected chi connectivity index (χ4v) is 2.76. The first-order valence-corrected chi connectivity index (χ1v) is 7.80. The molecule has 3 aromatic rings. The van der Waals surface area contributed by atoms with Crippen LogP contribution in [0.15, 0.2) is 72.9 Å². The van der Waals surface area contributed by atoms with Gasteiger partial charge in [0.15, 0.2) is 6.20 Å². The highest BCUT2D eigenvalue weighted by Crippen LogP contribution is 2.22. The fraction of sp³-hybridized carbons (Fsp3) is 0.143. The third-order valence-corrected chi connectivity index (χ3v) is 4.23. The molecule has 2 nitrogen and oxygen atoms in total. The number of Topliss-reactive ketones (excluding diaryl/α,β-unsaturated/α-hetero) is 1. The molecule has 1 aromatic heterocycles. The number of ketones is 1. The SMILES string of the molecule is Cc1cccc(-c2cccc[n+]2CC(=O)c2ccccc2)c1C. The molecule has 3 rings (SSSR count). The molecule has 0 N–H and O–H groups in total. The third kappa shape index (κ3) is 3.21. The van der Waals surface area contributed by atoms with Gasteiger partial charge in [0.05, 0.1) is 0 Å². The van der Waals surface area contributed by atoms with E-state index in [0.29, 0.717) is 6.54 Å². The number of carbonyl (C=O) groups excluding carboxylic acids is 1. The molecule has 0 bridgehead atoms. The number of aryl methyl sites for hydroxylation is 1. The van der Waals surface area contributed by atoms with Crippen LogP contribution in [0.5, 0.6) is 0 Å². The zero-order valence-electron chi connectivity index (χ0n) is 13.5. The first-order chi connectivity index (χ1) is 11.2. The van der Waals surface area contributed by atoms with E-state index >= 15 is 0 Å². The van der Waals surface area contributed by atoms with Crippen LogP contribution in [-0.2, 0) is 6.54 Å². The molecule has 0 aliphatic heterocycles. The molecule has 1 heterocycles. The zero-order valence-corrected chi connectivity index (χ0v) is 13.5. The number of benzene rings is 2. The second-order valence-corrected chi connectivity index (χ2v) is 5.75. The molecule has 0 saturated carbocycles. The second kappa shape index (κ2) is 6.57. The lowest BCUT2D eigenvalue weighted by Gasteiger charge is -2.08. The minimum atomic E-state index is 0.119. The van der Waals surface area contributed by atoms with Crippen LogP contribution in [0, 0.1) is 13.8 Å². The van der Waals surface area contributed by atoms with Gasteiger partial charge in [-0.1, -0.05) is 42.5 Å². The van der Waals surface area contributed by atoms with Gasteiger partial charge in [-0.05, 0) is 37.1 Å². The van der Waals surface area contributed by atoms with E-state index < -0.39 is 0 Å². The van der Waals surface area contributed by atoms with Crippen molar-refractivity contribution in [1.29, 1.82) is 0 Å². The van der Waals surface area contributed by atoms with Gasteiger partial charge in [0.25, 0.3) is 0 Å². The van der Waals surface area contributed by atoms with Crippen LogP contribution < -0.4 is 4.57 Å². The van der Waals surface area contributed by atoms with Gasteiger partial charge in [-0.15, -0.1) is 0 Å². The van der Waals surface area contributed by atoms with E-state index in [9.17, 15) is 4.79 Å². The maximum atomic E-state index is 12.5. The maximum Gasteiger partial charge on any atom is 0.227 e. The van der Waals surface area contributed by atoms with E-state index in [1.165, 1.54) is 16.7 Å². The average Bonchev–Trinajstić information content (AvgIpc) is 2.59. The summed E-state index contributed by atoms with van der Waals surface area (Å²) >= 11 is 0. The lowest BCUT2D eigenvalue weighted by Crippen LogP contribution is -2.39. The minimum absolute atomic E-state index is 0.119. The van der Waals surface area contributed by atoms with Crippen LogP contribution in [0.1, 0.15) is 21.5 Å². The third-order valence-electron chi connectivity index (χ3n) is 4.23. The van der Waals surface area contributed by atoms with Crippen molar-refractivity contribution in [2.24, 2.45) is 0 Å². The molecule has 2 heteroatoms. The Morgan fingerprint density at radius 2 is 1.61 bits per heavy atom. The first kappa shape index (κ1) is 15.2. The van der Waals surface area contributed by atoms with Crippen LogP contribution in [-0.4, -0.2) is 5.78 Å². The predicted molar refractivity (Wildman–Crippen MR) is 92.3 cm³/mol. The Hall–Kier alpha value is -2.74. The van der Waals surface area contributed by atoms with E-state index in [1.807, 2.05) is 53.2 Å². The lowest BCUT2D eigenvalue weighted by atomic mass is 10.00. The van der Waals surface area contributed by atoms with Crippen molar-refractivity contribution in [3.63, 3.8) is 0 Å². The van der Waals surface area contributed by atoms with E-state index in [4.69, 9.17) is 0 Å². The molecule has 0 aliphatic rings. The van der Waals surface area contributed by atoms with E-state index in [2.05, 4.69) is 38.1 Å². The summed E-state index contributed by atoms with van der Waals surface area (Å²) in [6.45, 7) is 4.58. The van der Waals surface area contributed by atoms with Crippen LogP contribution in [0.4, 0.5) is 0 Å². The van der Waals surface area contributed by atoms with Crippen molar-refractivity contribution >= 4 is 5.78 Å². The van der Waals surface area contributed by atoms with Gasteiger partial charge in [0.2, 0.25) is 18.0 Å². The molecule has 0 amide bonds. The van der Waals surface area contributed by atoms with Crippen LogP contribution in [0.25, 0.3) is 11.3 Å². The van der Waals surface area contributed by atoms with Gasteiger partial charge in [-0.25, -0.2) is 0 Å². The first-order valence-electron chi connectivity index (χ1n) is 7.80. The zero-order chi connectivity index (χ0) is 16.2. The van der Waals surface area contributed by atoms with E-state index in [-0.39, 0.29) is 5.78 Å². The summed E-state index contributed by atoms with van der Waals surface area (Å²) in [7, 11) is 0. The van der Waals surface area contributed by atoms with Gasteiger partial charge in [0, 0.05) is 23.3 Å². The molecule has 0 saturated heterocycles. The highest BCUT2D eigenvalue weighted by Gasteiger charge is 2.18. The number of carbonyl (C=O) groups is 1. The summed E-state index contributed by atoms with van der Waals surface area (Å²) in [6, 6.07) is 21.8. The molecule has 2 aromatic carbocycles. The molecule has 0 radical (unpaired) electrons. The lowest BCUT2D eigenvalue weighted by molar-refractivity contribution is -0.672. The highest BCUT2D eigenvalue weighted by atomic mass is 16.1. The van der Waals surface area contributed by atoms with E-state index in [0.717, 1.165) is 11.3 Å². The smallest absolute Gasteiger partial charge is 0.227 e. The Kier molecular flexibility index (Phi) is 4.33. The Labute approximate surface area is 137 Å². The van der Waals surface area contributed by atoms with Gasteiger partial charge >= 0.3 is 0 Å². The van der Waals surface area contributed by atoms with Crippen molar-refractivity contribution in [2.75, 3.05) is 0 Å². The molecule has 0 fully saturated rings. The molecule has 114 valence electrons. The molecule has 23 heavy (non-hydrogen) atoms. The van der Waals surface area contributed by atoms with Crippen molar-refractivity contribution in [3.8, 4) is 11.3 Å². The number of rotatable bonds is 4. The largest absolute Gasteiger partial charge is 0.287 e. The normalized spacial score (nSPS) is 10.5. The Morgan fingerprint density at radius 3 is 2.39 bits per heavy atom. The second-order valence-electron chi connectivity index (χ2n) is 5.75.